The second-order valence-electron chi connectivity index (χ2n) is 4.50. The molecule has 2 aromatic heterocycles. The predicted octanol–water partition coefficient (Wildman–Crippen LogP) is 1.96. The fourth-order valence-corrected chi connectivity index (χ4v) is 2.13. The number of rotatable bonds is 3. The lowest BCUT2D eigenvalue weighted by atomic mass is 10.1. The molecule has 5 nitrogen and oxygen atoms in total. The van der Waals surface area contributed by atoms with Gasteiger partial charge in [0.2, 0.25) is 0 Å². The van der Waals surface area contributed by atoms with Crippen molar-refractivity contribution < 1.29 is 0 Å². The molecule has 0 bridgehead atoms. The van der Waals surface area contributed by atoms with Crippen molar-refractivity contribution in [3.63, 3.8) is 0 Å². The van der Waals surface area contributed by atoms with Crippen molar-refractivity contribution in [2.24, 2.45) is 0 Å². The maximum atomic E-state index is 5.87. The van der Waals surface area contributed by atoms with Crippen molar-refractivity contribution in [3.05, 3.63) is 47.9 Å². The third-order valence-electron chi connectivity index (χ3n) is 3.09. The van der Waals surface area contributed by atoms with Crippen LogP contribution in [-0.4, -0.2) is 19.7 Å². The molecular formula is C14H15N5. The van der Waals surface area contributed by atoms with Gasteiger partial charge < -0.3 is 5.73 Å². The maximum absolute atomic E-state index is 5.87. The Kier molecular flexibility index (Phi) is 2.87. The lowest BCUT2D eigenvalue weighted by Gasteiger charge is -2.04. The number of hydrogen-bond donors (Lipinski definition) is 1. The van der Waals surface area contributed by atoms with Crippen LogP contribution in [-0.2, 0) is 13.0 Å². The summed E-state index contributed by atoms with van der Waals surface area (Å²) >= 11 is 0. The molecule has 0 saturated heterocycles. The number of nitrogens with two attached hydrogens (primary N) is 1. The fourth-order valence-electron chi connectivity index (χ4n) is 2.13. The summed E-state index contributed by atoms with van der Waals surface area (Å²) in [5.74, 6) is 1.17. The third kappa shape index (κ3) is 2.27. The number of nitrogens with zero attached hydrogens (tertiary/aromatic N) is 4. The van der Waals surface area contributed by atoms with Crippen molar-refractivity contribution in [2.75, 3.05) is 5.73 Å². The van der Waals surface area contributed by atoms with Crippen molar-refractivity contribution in [2.45, 2.75) is 19.9 Å². The molecule has 2 N–H and O–H groups in total. The van der Waals surface area contributed by atoms with Crippen LogP contribution in [0.25, 0.3) is 11.0 Å². The van der Waals surface area contributed by atoms with E-state index in [0.29, 0.717) is 11.6 Å². The van der Waals surface area contributed by atoms with E-state index in [2.05, 4.69) is 27.2 Å². The first-order chi connectivity index (χ1) is 9.24. The van der Waals surface area contributed by atoms with Crippen LogP contribution in [0.3, 0.4) is 0 Å². The van der Waals surface area contributed by atoms with Crippen molar-refractivity contribution >= 4 is 16.9 Å². The maximum Gasteiger partial charge on any atom is 0.163 e. The van der Waals surface area contributed by atoms with Gasteiger partial charge in [0.05, 0.1) is 11.6 Å². The Bertz CT molecular complexity index is 702. The minimum absolute atomic E-state index is 0.494. The Morgan fingerprint density at radius 3 is 2.74 bits per heavy atom. The van der Waals surface area contributed by atoms with E-state index in [1.807, 2.05) is 29.8 Å². The molecule has 0 saturated carbocycles. The number of hydrogen-bond acceptors (Lipinski definition) is 4. The average molecular weight is 253 g/mol. The average Bonchev–Trinajstić information content (AvgIpc) is 2.81. The highest BCUT2D eigenvalue weighted by molar-refractivity contribution is 5.84. The number of nitrogen functional groups attached to an aromatic ring is 1. The molecule has 0 aliphatic rings. The summed E-state index contributed by atoms with van der Waals surface area (Å²) in [6.45, 7) is 2.62. The summed E-state index contributed by atoms with van der Waals surface area (Å²) in [5.41, 5.74) is 7.96. The summed E-state index contributed by atoms with van der Waals surface area (Å²) < 4.78 is 1.88. The molecule has 0 spiro atoms. The second-order valence-corrected chi connectivity index (χ2v) is 4.50. The molecular weight excluding hydrogens is 238 g/mol. The molecule has 0 fully saturated rings. The molecule has 0 atom stereocenters. The van der Waals surface area contributed by atoms with E-state index in [4.69, 9.17) is 5.73 Å². The zero-order chi connectivity index (χ0) is 13.2. The van der Waals surface area contributed by atoms with Crippen molar-refractivity contribution in [1.29, 1.82) is 0 Å². The minimum Gasteiger partial charge on any atom is -0.383 e. The molecule has 0 aliphatic carbocycles. The lowest BCUT2D eigenvalue weighted by Crippen LogP contribution is -2.05. The Morgan fingerprint density at radius 2 is 1.95 bits per heavy atom. The number of benzene rings is 1. The van der Waals surface area contributed by atoms with Gasteiger partial charge in [-0.15, -0.1) is 0 Å². The van der Waals surface area contributed by atoms with Gasteiger partial charge in [0.1, 0.15) is 11.6 Å². The number of aromatic nitrogens is 4. The SMILES string of the molecule is Cc1nc(N)c2cnn(CCc3ccccc3)c2n1. The largest absolute Gasteiger partial charge is 0.383 e. The van der Waals surface area contributed by atoms with Crippen LogP contribution in [0.15, 0.2) is 36.5 Å². The summed E-state index contributed by atoms with van der Waals surface area (Å²) in [7, 11) is 0. The van der Waals surface area contributed by atoms with Crippen molar-refractivity contribution in [3.8, 4) is 0 Å². The number of aryl methyl sites for hydroxylation is 3. The normalized spacial score (nSPS) is 11.0. The van der Waals surface area contributed by atoms with Gasteiger partial charge in [-0.05, 0) is 18.9 Å². The zero-order valence-corrected chi connectivity index (χ0v) is 10.7. The van der Waals surface area contributed by atoms with Gasteiger partial charge in [-0.2, -0.15) is 5.10 Å². The molecule has 2 heterocycles. The van der Waals surface area contributed by atoms with E-state index in [0.717, 1.165) is 24.0 Å². The topological polar surface area (TPSA) is 69.6 Å². The number of anilines is 1. The van der Waals surface area contributed by atoms with Crippen molar-refractivity contribution in [1.82, 2.24) is 19.7 Å². The standard InChI is InChI=1S/C14H15N5/c1-10-17-13(15)12-9-16-19(14(12)18-10)8-7-11-5-3-2-4-6-11/h2-6,9H,7-8H2,1H3,(H2,15,17,18). The van der Waals surface area contributed by atoms with E-state index in [9.17, 15) is 0 Å². The molecule has 0 aliphatic heterocycles. The lowest BCUT2D eigenvalue weighted by molar-refractivity contribution is 0.629. The van der Waals surface area contributed by atoms with E-state index < -0.39 is 0 Å². The Balaban J connectivity index is 1.89. The van der Waals surface area contributed by atoms with Gasteiger partial charge in [-0.1, -0.05) is 30.3 Å². The molecule has 5 heteroatoms. The molecule has 3 rings (SSSR count). The summed E-state index contributed by atoms with van der Waals surface area (Å²) in [6, 6.07) is 10.3. The summed E-state index contributed by atoms with van der Waals surface area (Å²) in [4.78, 5) is 8.56. The molecule has 96 valence electrons. The number of fused-ring (bicyclic) bond motifs is 1. The van der Waals surface area contributed by atoms with Crippen LogP contribution in [0, 0.1) is 6.92 Å². The molecule has 1 aromatic carbocycles. The first-order valence-corrected chi connectivity index (χ1v) is 6.23. The van der Waals surface area contributed by atoms with Gasteiger partial charge in [0, 0.05) is 6.54 Å². The smallest absolute Gasteiger partial charge is 0.163 e. The van der Waals surface area contributed by atoms with Gasteiger partial charge in [0.25, 0.3) is 0 Å². The molecule has 19 heavy (non-hydrogen) atoms. The van der Waals surface area contributed by atoms with Gasteiger partial charge >= 0.3 is 0 Å². The van der Waals surface area contributed by atoms with Gasteiger partial charge in [-0.25, -0.2) is 14.6 Å². The summed E-state index contributed by atoms with van der Waals surface area (Å²) in [5, 5.41) is 5.16. The first kappa shape index (κ1) is 11.6. The molecule has 0 radical (unpaired) electrons. The highest BCUT2D eigenvalue weighted by Crippen LogP contribution is 2.17. The second kappa shape index (κ2) is 4.68. The summed E-state index contributed by atoms with van der Waals surface area (Å²) in [6.07, 6.45) is 2.65. The zero-order valence-electron chi connectivity index (χ0n) is 10.7. The highest BCUT2D eigenvalue weighted by atomic mass is 15.3. The molecule has 0 unspecified atom stereocenters. The van der Waals surface area contributed by atoms with Gasteiger partial charge in [-0.3, -0.25) is 0 Å². The van der Waals surface area contributed by atoms with Crippen LogP contribution in [0.4, 0.5) is 5.82 Å². The fraction of sp³-hybridized carbons (Fsp3) is 0.214. The third-order valence-corrected chi connectivity index (χ3v) is 3.09. The highest BCUT2D eigenvalue weighted by Gasteiger charge is 2.09. The Labute approximate surface area is 111 Å². The quantitative estimate of drug-likeness (QED) is 0.774. The molecule has 0 amide bonds. The van der Waals surface area contributed by atoms with Crippen LogP contribution in [0.5, 0.6) is 0 Å². The van der Waals surface area contributed by atoms with Crippen LogP contribution >= 0.6 is 0 Å². The van der Waals surface area contributed by atoms with E-state index >= 15 is 0 Å². The van der Waals surface area contributed by atoms with Crippen LogP contribution in [0.2, 0.25) is 0 Å². The monoisotopic (exact) mass is 253 g/mol. The first-order valence-electron chi connectivity index (χ1n) is 6.23. The Morgan fingerprint density at radius 1 is 1.16 bits per heavy atom. The van der Waals surface area contributed by atoms with Crippen LogP contribution in [0.1, 0.15) is 11.4 Å². The van der Waals surface area contributed by atoms with Crippen LogP contribution < -0.4 is 5.73 Å². The Hall–Kier alpha value is -2.43. The molecule has 3 aromatic rings. The van der Waals surface area contributed by atoms with E-state index in [-0.39, 0.29) is 0 Å². The predicted molar refractivity (Wildman–Crippen MR) is 74.6 cm³/mol. The van der Waals surface area contributed by atoms with E-state index in [1.54, 1.807) is 6.20 Å². The van der Waals surface area contributed by atoms with Gasteiger partial charge in [0.15, 0.2) is 5.65 Å². The minimum atomic E-state index is 0.494. The van der Waals surface area contributed by atoms with E-state index in [1.165, 1.54) is 5.56 Å².